The number of fused-ring (bicyclic) bond motifs is 1. The Morgan fingerprint density at radius 1 is 1.57 bits per heavy atom. The van der Waals surface area contributed by atoms with E-state index in [1.54, 1.807) is 12.1 Å². The smallest absolute Gasteiger partial charge is 0.252 e. The highest BCUT2D eigenvalue weighted by atomic mass is 16.5. The van der Waals surface area contributed by atoms with Gasteiger partial charge in [-0.2, -0.15) is 5.26 Å². The van der Waals surface area contributed by atoms with Crippen LogP contribution in [0.2, 0.25) is 0 Å². The van der Waals surface area contributed by atoms with Crippen LogP contribution in [0, 0.1) is 11.3 Å². The topological polar surface area (TPSA) is 62.1 Å². The monoisotopic (exact) mass is 188 g/mol. The summed E-state index contributed by atoms with van der Waals surface area (Å²) in [6, 6.07) is 5.28. The van der Waals surface area contributed by atoms with Crippen molar-refractivity contribution in [1.82, 2.24) is 5.32 Å². The number of hydrogen-bond acceptors (Lipinski definition) is 3. The Kier molecular flexibility index (Phi) is 1.86. The summed E-state index contributed by atoms with van der Waals surface area (Å²) in [6.45, 7) is 0.437. The van der Waals surface area contributed by atoms with Gasteiger partial charge in [0.15, 0.2) is 0 Å². The van der Waals surface area contributed by atoms with E-state index in [2.05, 4.69) is 5.32 Å². The van der Waals surface area contributed by atoms with Crippen molar-refractivity contribution in [3.05, 3.63) is 28.8 Å². The van der Waals surface area contributed by atoms with Gasteiger partial charge in [0.1, 0.15) is 11.8 Å². The summed E-state index contributed by atoms with van der Waals surface area (Å²) >= 11 is 0. The number of methoxy groups -OCH3 is 1. The summed E-state index contributed by atoms with van der Waals surface area (Å²) in [7, 11) is 1.50. The lowest BCUT2D eigenvalue weighted by Gasteiger charge is -2.06. The molecule has 1 aromatic rings. The Hall–Kier alpha value is -2.02. The molecule has 1 amide bonds. The van der Waals surface area contributed by atoms with Crippen molar-refractivity contribution >= 4 is 5.91 Å². The zero-order valence-corrected chi connectivity index (χ0v) is 7.63. The molecule has 2 rings (SSSR count). The highest BCUT2D eigenvalue weighted by molar-refractivity contribution is 5.99. The largest absolute Gasteiger partial charge is 0.495 e. The van der Waals surface area contributed by atoms with Crippen molar-refractivity contribution < 1.29 is 9.53 Å². The summed E-state index contributed by atoms with van der Waals surface area (Å²) in [5.74, 6) is 0.395. The van der Waals surface area contributed by atoms with Gasteiger partial charge in [-0.05, 0) is 12.1 Å². The summed E-state index contributed by atoms with van der Waals surface area (Å²) < 4.78 is 5.11. The predicted molar refractivity (Wildman–Crippen MR) is 48.9 cm³/mol. The van der Waals surface area contributed by atoms with Crippen molar-refractivity contribution in [1.29, 1.82) is 5.26 Å². The van der Waals surface area contributed by atoms with Crippen LogP contribution in [-0.4, -0.2) is 13.0 Å². The van der Waals surface area contributed by atoms with Crippen LogP contribution in [0.4, 0.5) is 0 Å². The summed E-state index contributed by atoms with van der Waals surface area (Å²) in [5, 5.41) is 11.5. The minimum absolute atomic E-state index is 0.109. The third kappa shape index (κ3) is 1.03. The molecule has 4 heteroatoms. The van der Waals surface area contributed by atoms with Crippen molar-refractivity contribution in [3.63, 3.8) is 0 Å². The lowest BCUT2D eigenvalue weighted by molar-refractivity contribution is 0.0966. The van der Waals surface area contributed by atoms with Crippen molar-refractivity contribution in [3.8, 4) is 11.8 Å². The molecule has 0 fully saturated rings. The SMILES string of the molecule is COc1c(C#N)ccc2c1CNC2=O. The minimum Gasteiger partial charge on any atom is -0.495 e. The first-order chi connectivity index (χ1) is 6.77. The van der Waals surface area contributed by atoms with Crippen LogP contribution in [0.3, 0.4) is 0 Å². The van der Waals surface area contributed by atoms with Crippen molar-refractivity contribution in [2.24, 2.45) is 0 Å². The average molecular weight is 188 g/mol. The number of rotatable bonds is 1. The molecule has 1 heterocycles. The molecule has 4 nitrogen and oxygen atoms in total. The Balaban J connectivity index is 2.67. The number of amides is 1. The second kappa shape index (κ2) is 3.04. The zero-order valence-electron chi connectivity index (χ0n) is 7.63. The molecule has 0 saturated carbocycles. The lowest BCUT2D eigenvalue weighted by Crippen LogP contribution is -2.12. The molecule has 14 heavy (non-hydrogen) atoms. The Morgan fingerprint density at radius 3 is 3.00 bits per heavy atom. The van der Waals surface area contributed by atoms with Gasteiger partial charge in [-0.3, -0.25) is 4.79 Å². The predicted octanol–water partition coefficient (Wildman–Crippen LogP) is 0.810. The van der Waals surface area contributed by atoms with Crippen LogP contribution >= 0.6 is 0 Å². The Morgan fingerprint density at radius 2 is 2.36 bits per heavy atom. The van der Waals surface area contributed by atoms with Gasteiger partial charge in [0.2, 0.25) is 0 Å². The molecule has 1 aromatic carbocycles. The van der Waals surface area contributed by atoms with E-state index >= 15 is 0 Å². The van der Waals surface area contributed by atoms with Crippen LogP contribution in [0.1, 0.15) is 21.5 Å². The highest BCUT2D eigenvalue weighted by Crippen LogP contribution is 2.29. The van der Waals surface area contributed by atoms with E-state index in [9.17, 15) is 4.79 Å². The summed E-state index contributed by atoms with van der Waals surface area (Å²) in [5.41, 5.74) is 1.83. The molecule has 0 atom stereocenters. The van der Waals surface area contributed by atoms with E-state index in [1.807, 2.05) is 6.07 Å². The third-order valence-electron chi connectivity index (χ3n) is 2.26. The molecule has 0 saturated heterocycles. The Bertz CT molecular complexity index is 446. The number of carbonyl (C=O) groups is 1. The van der Waals surface area contributed by atoms with E-state index < -0.39 is 0 Å². The van der Waals surface area contributed by atoms with Crippen LogP contribution < -0.4 is 10.1 Å². The number of ether oxygens (including phenoxy) is 1. The normalized spacial score (nSPS) is 13.0. The molecule has 0 radical (unpaired) electrons. The average Bonchev–Trinajstić information content (AvgIpc) is 2.59. The first-order valence-electron chi connectivity index (χ1n) is 4.16. The quantitative estimate of drug-likeness (QED) is 0.709. The summed E-state index contributed by atoms with van der Waals surface area (Å²) in [6.07, 6.45) is 0. The maximum atomic E-state index is 11.3. The van der Waals surface area contributed by atoms with E-state index in [1.165, 1.54) is 7.11 Å². The van der Waals surface area contributed by atoms with Crippen LogP contribution in [0.15, 0.2) is 12.1 Å². The molecule has 1 aliphatic rings. The fourth-order valence-corrected chi connectivity index (χ4v) is 1.60. The number of nitrogens with one attached hydrogen (secondary N) is 1. The van der Waals surface area contributed by atoms with Gasteiger partial charge >= 0.3 is 0 Å². The van der Waals surface area contributed by atoms with Crippen LogP contribution in [0.25, 0.3) is 0 Å². The molecule has 70 valence electrons. The van der Waals surface area contributed by atoms with E-state index in [-0.39, 0.29) is 5.91 Å². The Labute approximate surface area is 81.1 Å². The second-order valence-electron chi connectivity index (χ2n) is 2.97. The molecule has 0 aromatic heterocycles. The van der Waals surface area contributed by atoms with Crippen molar-refractivity contribution in [2.45, 2.75) is 6.54 Å². The third-order valence-corrected chi connectivity index (χ3v) is 2.26. The van der Waals surface area contributed by atoms with Gasteiger partial charge in [-0.15, -0.1) is 0 Å². The first-order valence-corrected chi connectivity index (χ1v) is 4.16. The summed E-state index contributed by atoms with van der Waals surface area (Å²) in [4.78, 5) is 11.3. The maximum Gasteiger partial charge on any atom is 0.252 e. The van der Waals surface area contributed by atoms with E-state index in [0.29, 0.717) is 23.4 Å². The lowest BCUT2D eigenvalue weighted by atomic mass is 10.0. The van der Waals surface area contributed by atoms with Gasteiger partial charge in [0.05, 0.1) is 12.7 Å². The fourth-order valence-electron chi connectivity index (χ4n) is 1.60. The maximum absolute atomic E-state index is 11.3. The second-order valence-corrected chi connectivity index (χ2v) is 2.97. The van der Waals surface area contributed by atoms with Gasteiger partial charge in [-0.25, -0.2) is 0 Å². The zero-order chi connectivity index (χ0) is 10.1. The molecule has 0 bridgehead atoms. The van der Waals surface area contributed by atoms with Gasteiger partial charge in [0.25, 0.3) is 5.91 Å². The molecule has 1 N–H and O–H groups in total. The fraction of sp³-hybridized carbons (Fsp3) is 0.200. The number of carbonyl (C=O) groups excluding carboxylic acids is 1. The number of benzene rings is 1. The number of nitriles is 1. The minimum atomic E-state index is -0.109. The molecular formula is C10H8N2O2. The molecule has 0 unspecified atom stereocenters. The molecule has 0 aliphatic carbocycles. The van der Waals surface area contributed by atoms with Crippen molar-refractivity contribution in [2.75, 3.05) is 7.11 Å². The van der Waals surface area contributed by atoms with Gasteiger partial charge in [0, 0.05) is 17.7 Å². The van der Waals surface area contributed by atoms with Crippen LogP contribution in [0.5, 0.6) is 5.75 Å². The number of nitrogens with zero attached hydrogens (tertiary/aromatic N) is 1. The first kappa shape index (κ1) is 8.57. The molecule has 0 spiro atoms. The van der Waals surface area contributed by atoms with Gasteiger partial charge in [-0.1, -0.05) is 0 Å². The molecular weight excluding hydrogens is 180 g/mol. The number of hydrogen-bond donors (Lipinski definition) is 1. The standard InChI is InChI=1S/C10H8N2O2/c1-14-9-6(4-11)2-3-7-8(9)5-12-10(7)13/h2-3H,5H2,1H3,(H,12,13). The van der Waals surface area contributed by atoms with Crippen LogP contribution in [-0.2, 0) is 6.54 Å². The highest BCUT2D eigenvalue weighted by Gasteiger charge is 2.24. The van der Waals surface area contributed by atoms with Gasteiger partial charge < -0.3 is 10.1 Å². The van der Waals surface area contributed by atoms with E-state index in [0.717, 1.165) is 5.56 Å². The molecule has 1 aliphatic heterocycles. The van der Waals surface area contributed by atoms with E-state index in [4.69, 9.17) is 10.00 Å².